The third kappa shape index (κ3) is 2.39. The van der Waals surface area contributed by atoms with E-state index in [-0.39, 0.29) is 0 Å². The van der Waals surface area contributed by atoms with Crippen molar-refractivity contribution in [2.45, 2.75) is 13.8 Å². The molecule has 0 aromatic heterocycles. The van der Waals surface area contributed by atoms with Crippen LogP contribution < -0.4 is 0 Å². The standard InChI is InChI=1S/C6H11NO/c1-5(2)6(3)7-8-4/h1H2,2-4H3/b7-6+. The highest BCUT2D eigenvalue weighted by molar-refractivity contribution is 5.96. The highest BCUT2D eigenvalue weighted by Gasteiger charge is 1.87. The van der Waals surface area contributed by atoms with Crippen LogP contribution in [0.3, 0.4) is 0 Å². The fraction of sp³-hybridized carbons (Fsp3) is 0.500. The monoisotopic (exact) mass is 113 g/mol. The van der Waals surface area contributed by atoms with Crippen molar-refractivity contribution in [1.82, 2.24) is 0 Å². The summed E-state index contributed by atoms with van der Waals surface area (Å²) in [5.41, 5.74) is 1.78. The van der Waals surface area contributed by atoms with Gasteiger partial charge in [-0.25, -0.2) is 0 Å². The molecule has 0 spiro atoms. The summed E-state index contributed by atoms with van der Waals surface area (Å²) in [4.78, 5) is 4.49. The molecule has 2 nitrogen and oxygen atoms in total. The SMILES string of the molecule is C=C(C)/C(C)=N/OC. The maximum atomic E-state index is 4.49. The van der Waals surface area contributed by atoms with Gasteiger partial charge in [-0.05, 0) is 19.4 Å². The number of oxime groups is 1. The number of hydrogen-bond acceptors (Lipinski definition) is 2. The van der Waals surface area contributed by atoms with Gasteiger partial charge in [0.2, 0.25) is 0 Å². The normalized spacial score (nSPS) is 11.1. The van der Waals surface area contributed by atoms with Gasteiger partial charge in [0.1, 0.15) is 7.11 Å². The number of nitrogens with zero attached hydrogens (tertiary/aromatic N) is 1. The predicted octanol–water partition coefficient (Wildman–Crippen LogP) is 1.58. The molecule has 0 aromatic carbocycles. The first kappa shape index (κ1) is 7.21. The lowest BCUT2D eigenvalue weighted by atomic mass is 10.2. The largest absolute Gasteiger partial charge is 0.399 e. The number of hydrogen-bond donors (Lipinski definition) is 0. The Hall–Kier alpha value is -0.790. The van der Waals surface area contributed by atoms with Gasteiger partial charge in [-0.1, -0.05) is 11.7 Å². The molecule has 0 N–H and O–H groups in total. The Kier molecular flexibility index (Phi) is 2.92. The van der Waals surface area contributed by atoms with E-state index in [1.54, 1.807) is 0 Å². The van der Waals surface area contributed by atoms with Crippen molar-refractivity contribution >= 4 is 5.71 Å². The van der Waals surface area contributed by atoms with Gasteiger partial charge in [-0.15, -0.1) is 0 Å². The fourth-order valence-corrected chi connectivity index (χ4v) is 0.215. The van der Waals surface area contributed by atoms with E-state index >= 15 is 0 Å². The van der Waals surface area contributed by atoms with Crippen molar-refractivity contribution in [3.05, 3.63) is 12.2 Å². The van der Waals surface area contributed by atoms with Crippen molar-refractivity contribution in [3.8, 4) is 0 Å². The molecule has 0 atom stereocenters. The molecule has 0 aromatic rings. The molecule has 0 aliphatic carbocycles. The maximum Gasteiger partial charge on any atom is 0.106 e. The molecule has 0 rings (SSSR count). The molecule has 0 unspecified atom stereocenters. The Morgan fingerprint density at radius 3 is 2.12 bits per heavy atom. The first-order valence-electron chi connectivity index (χ1n) is 2.42. The molecule has 0 saturated carbocycles. The van der Waals surface area contributed by atoms with Crippen LogP contribution in [0.15, 0.2) is 17.3 Å². The lowest BCUT2D eigenvalue weighted by Gasteiger charge is -1.93. The van der Waals surface area contributed by atoms with Crippen LogP contribution in [0.1, 0.15) is 13.8 Å². The molecule has 0 aliphatic rings. The predicted molar refractivity (Wildman–Crippen MR) is 34.9 cm³/mol. The lowest BCUT2D eigenvalue weighted by Crippen LogP contribution is -1.90. The summed E-state index contributed by atoms with van der Waals surface area (Å²) in [5, 5.41) is 3.64. The summed E-state index contributed by atoms with van der Waals surface area (Å²) in [5.74, 6) is 0. The second kappa shape index (κ2) is 3.24. The Balaban J connectivity index is 3.80. The Morgan fingerprint density at radius 2 is 2.00 bits per heavy atom. The molecule has 0 heterocycles. The maximum absolute atomic E-state index is 4.49. The third-order valence-corrected chi connectivity index (χ3v) is 0.846. The Labute approximate surface area is 49.8 Å². The minimum absolute atomic E-state index is 0.840. The van der Waals surface area contributed by atoms with E-state index in [0.29, 0.717) is 0 Å². The van der Waals surface area contributed by atoms with Crippen LogP contribution in [0.2, 0.25) is 0 Å². The van der Waals surface area contributed by atoms with Crippen LogP contribution in [-0.2, 0) is 4.84 Å². The summed E-state index contributed by atoms with van der Waals surface area (Å²) in [7, 11) is 1.52. The van der Waals surface area contributed by atoms with E-state index in [4.69, 9.17) is 0 Å². The summed E-state index contributed by atoms with van der Waals surface area (Å²) < 4.78 is 0. The summed E-state index contributed by atoms with van der Waals surface area (Å²) in [6.07, 6.45) is 0. The van der Waals surface area contributed by atoms with Gasteiger partial charge in [0, 0.05) is 0 Å². The quantitative estimate of drug-likeness (QED) is 0.393. The molecule has 0 radical (unpaired) electrons. The first-order valence-corrected chi connectivity index (χ1v) is 2.42. The zero-order valence-corrected chi connectivity index (χ0v) is 5.56. The molecule has 0 amide bonds. The smallest absolute Gasteiger partial charge is 0.106 e. The molecule has 0 saturated heterocycles. The highest BCUT2D eigenvalue weighted by Crippen LogP contribution is 1.90. The number of rotatable bonds is 2. The summed E-state index contributed by atoms with van der Waals surface area (Å²) in [6.45, 7) is 7.40. The van der Waals surface area contributed by atoms with Gasteiger partial charge < -0.3 is 4.84 Å². The second-order valence-electron chi connectivity index (χ2n) is 1.64. The van der Waals surface area contributed by atoms with Gasteiger partial charge in [-0.3, -0.25) is 0 Å². The van der Waals surface area contributed by atoms with Gasteiger partial charge >= 0.3 is 0 Å². The average Bonchev–Trinajstić information content (AvgIpc) is 1.67. The van der Waals surface area contributed by atoms with Crippen LogP contribution in [0.4, 0.5) is 0 Å². The van der Waals surface area contributed by atoms with Gasteiger partial charge in [-0.2, -0.15) is 0 Å². The van der Waals surface area contributed by atoms with Crippen LogP contribution in [-0.4, -0.2) is 12.8 Å². The van der Waals surface area contributed by atoms with Gasteiger partial charge in [0.05, 0.1) is 5.71 Å². The molecule has 0 bridgehead atoms. The van der Waals surface area contributed by atoms with Crippen molar-refractivity contribution in [2.24, 2.45) is 5.16 Å². The summed E-state index contributed by atoms with van der Waals surface area (Å²) in [6, 6.07) is 0. The zero-order chi connectivity index (χ0) is 6.57. The fourth-order valence-electron chi connectivity index (χ4n) is 0.215. The van der Waals surface area contributed by atoms with Crippen LogP contribution in [0, 0.1) is 0 Å². The molecule has 2 heteroatoms. The van der Waals surface area contributed by atoms with Crippen molar-refractivity contribution in [3.63, 3.8) is 0 Å². The Bertz CT molecular complexity index is 116. The van der Waals surface area contributed by atoms with Crippen molar-refractivity contribution in [2.75, 3.05) is 7.11 Å². The third-order valence-electron chi connectivity index (χ3n) is 0.846. The molecule has 8 heavy (non-hydrogen) atoms. The lowest BCUT2D eigenvalue weighted by molar-refractivity contribution is 0.213. The van der Waals surface area contributed by atoms with E-state index in [1.165, 1.54) is 7.11 Å². The zero-order valence-electron chi connectivity index (χ0n) is 5.56. The van der Waals surface area contributed by atoms with Crippen molar-refractivity contribution < 1.29 is 4.84 Å². The van der Waals surface area contributed by atoms with Crippen LogP contribution in [0.25, 0.3) is 0 Å². The minimum atomic E-state index is 0.840. The van der Waals surface area contributed by atoms with E-state index in [9.17, 15) is 0 Å². The van der Waals surface area contributed by atoms with Crippen LogP contribution >= 0.6 is 0 Å². The molecular formula is C6H11NO. The average molecular weight is 113 g/mol. The van der Waals surface area contributed by atoms with E-state index in [1.807, 2.05) is 13.8 Å². The first-order chi connectivity index (χ1) is 3.68. The highest BCUT2D eigenvalue weighted by atomic mass is 16.6. The number of allylic oxidation sites excluding steroid dienone is 1. The van der Waals surface area contributed by atoms with Gasteiger partial charge in [0.25, 0.3) is 0 Å². The van der Waals surface area contributed by atoms with E-state index in [0.717, 1.165) is 11.3 Å². The molecule has 46 valence electrons. The Morgan fingerprint density at radius 1 is 1.50 bits per heavy atom. The summed E-state index contributed by atoms with van der Waals surface area (Å²) >= 11 is 0. The molecular weight excluding hydrogens is 102 g/mol. The van der Waals surface area contributed by atoms with Gasteiger partial charge in [0.15, 0.2) is 0 Å². The minimum Gasteiger partial charge on any atom is -0.399 e. The second-order valence-corrected chi connectivity index (χ2v) is 1.64. The van der Waals surface area contributed by atoms with E-state index in [2.05, 4.69) is 16.6 Å². The topological polar surface area (TPSA) is 21.6 Å². The molecule has 0 aliphatic heterocycles. The molecule has 0 fully saturated rings. The van der Waals surface area contributed by atoms with E-state index < -0.39 is 0 Å². The van der Waals surface area contributed by atoms with Crippen LogP contribution in [0.5, 0.6) is 0 Å². The van der Waals surface area contributed by atoms with Crippen molar-refractivity contribution in [1.29, 1.82) is 0 Å².